The standard InChI is InChI=1S/C15H21FN2O2/c1-17(2)12-5-7-18(8-6-12)10-11-3-4-13(15(19)20)14(16)9-11/h3-4,9,12H,5-8,10H2,1-2H3,(H,19,20). The molecule has 1 heterocycles. The number of hydrogen-bond acceptors (Lipinski definition) is 3. The minimum Gasteiger partial charge on any atom is -0.478 e. The summed E-state index contributed by atoms with van der Waals surface area (Å²) in [5.74, 6) is -1.88. The molecular formula is C15H21FN2O2. The van der Waals surface area contributed by atoms with E-state index in [-0.39, 0.29) is 5.56 Å². The number of carboxylic acid groups (broad SMARTS) is 1. The Labute approximate surface area is 118 Å². The molecule has 0 aliphatic carbocycles. The first-order valence-corrected chi connectivity index (χ1v) is 6.88. The molecule has 2 rings (SSSR count). The summed E-state index contributed by atoms with van der Waals surface area (Å²) < 4.78 is 13.6. The van der Waals surface area contributed by atoms with Crippen LogP contribution in [0.1, 0.15) is 28.8 Å². The predicted molar refractivity (Wildman–Crippen MR) is 75.3 cm³/mol. The molecule has 0 radical (unpaired) electrons. The summed E-state index contributed by atoms with van der Waals surface area (Å²) in [6.45, 7) is 2.66. The minimum absolute atomic E-state index is 0.264. The van der Waals surface area contributed by atoms with Crippen molar-refractivity contribution < 1.29 is 14.3 Å². The second-order valence-corrected chi connectivity index (χ2v) is 5.59. The molecule has 1 aromatic rings. The fraction of sp³-hybridized carbons (Fsp3) is 0.533. The molecule has 110 valence electrons. The molecule has 1 aromatic carbocycles. The van der Waals surface area contributed by atoms with Gasteiger partial charge in [-0.2, -0.15) is 0 Å². The van der Waals surface area contributed by atoms with Gasteiger partial charge in [0.15, 0.2) is 0 Å². The highest BCUT2D eigenvalue weighted by Crippen LogP contribution is 2.18. The first-order valence-electron chi connectivity index (χ1n) is 6.88. The zero-order chi connectivity index (χ0) is 14.7. The van der Waals surface area contributed by atoms with E-state index < -0.39 is 11.8 Å². The van der Waals surface area contributed by atoms with Crippen molar-refractivity contribution in [2.75, 3.05) is 27.2 Å². The summed E-state index contributed by atoms with van der Waals surface area (Å²) in [6, 6.07) is 5.00. The lowest BCUT2D eigenvalue weighted by Gasteiger charge is -2.35. The zero-order valence-corrected chi connectivity index (χ0v) is 12.0. The SMILES string of the molecule is CN(C)C1CCN(Cc2ccc(C(=O)O)c(F)c2)CC1. The van der Waals surface area contributed by atoms with E-state index in [1.54, 1.807) is 6.07 Å². The van der Waals surface area contributed by atoms with Gasteiger partial charge in [-0.1, -0.05) is 6.07 Å². The van der Waals surface area contributed by atoms with E-state index in [1.807, 2.05) is 0 Å². The van der Waals surface area contributed by atoms with Crippen LogP contribution in [-0.2, 0) is 6.54 Å². The highest BCUT2D eigenvalue weighted by Gasteiger charge is 2.21. The Morgan fingerprint density at radius 3 is 2.55 bits per heavy atom. The average molecular weight is 280 g/mol. The van der Waals surface area contributed by atoms with E-state index in [4.69, 9.17) is 5.11 Å². The molecule has 0 saturated carbocycles. The van der Waals surface area contributed by atoms with Crippen molar-refractivity contribution >= 4 is 5.97 Å². The fourth-order valence-corrected chi connectivity index (χ4v) is 2.68. The van der Waals surface area contributed by atoms with Gasteiger partial charge in [0.25, 0.3) is 0 Å². The Balaban J connectivity index is 1.95. The Bertz CT molecular complexity index is 483. The highest BCUT2D eigenvalue weighted by atomic mass is 19.1. The molecule has 4 nitrogen and oxygen atoms in total. The van der Waals surface area contributed by atoms with Crippen LogP contribution in [-0.4, -0.2) is 54.1 Å². The Kier molecular flexibility index (Phi) is 4.73. The predicted octanol–water partition coefficient (Wildman–Crippen LogP) is 2.05. The second kappa shape index (κ2) is 6.33. The first kappa shape index (κ1) is 14.9. The summed E-state index contributed by atoms with van der Waals surface area (Å²) in [5, 5.41) is 8.80. The highest BCUT2D eigenvalue weighted by molar-refractivity contribution is 5.87. The van der Waals surface area contributed by atoms with E-state index in [0.29, 0.717) is 12.6 Å². The summed E-state index contributed by atoms with van der Waals surface area (Å²) >= 11 is 0. The molecule has 0 aromatic heterocycles. The van der Waals surface area contributed by atoms with Crippen LogP contribution in [0, 0.1) is 5.82 Å². The van der Waals surface area contributed by atoms with Gasteiger partial charge in [0.2, 0.25) is 0 Å². The van der Waals surface area contributed by atoms with Crippen LogP contribution in [0.2, 0.25) is 0 Å². The van der Waals surface area contributed by atoms with Crippen LogP contribution in [0.25, 0.3) is 0 Å². The number of carbonyl (C=O) groups is 1. The monoisotopic (exact) mass is 280 g/mol. The lowest BCUT2D eigenvalue weighted by Crippen LogP contribution is -2.41. The molecule has 0 bridgehead atoms. The third-order valence-electron chi connectivity index (χ3n) is 3.96. The lowest BCUT2D eigenvalue weighted by molar-refractivity contribution is 0.0692. The summed E-state index contributed by atoms with van der Waals surface area (Å²) in [6.07, 6.45) is 2.23. The smallest absolute Gasteiger partial charge is 0.338 e. The van der Waals surface area contributed by atoms with Crippen LogP contribution in [0.3, 0.4) is 0 Å². The van der Waals surface area contributed by atoms with Gasteiger partial charge in [0.05, 0.1) is 5.56 Å². The molecule has 1 aliphatic rings. The van der Waals surface area contributed by atoms with E-state index in [2.05, 4.69) is 23.9 Å². The van der Waals surface area contributed by atoms with Gasteiger partial charge in [-0.25, -0.2) is 9.18 Å². The van der Waals surface area contributed by atoms with Crippen molar-refractivity contribution in [3.8, 4) is 0 Å². The van der Waals surface area contributed by atoms with Crippen molar-refractivity contribution in [3.05, 3.63) is 35.1 Å². The molecule has 0 spiro atoms. The van der Waals surface area contributed by atoms with E-state index >= 15 is 0 Å². The van der Waals surface area contributed by atoms with Gasteiger partial charge in [0, 0.05) is 12.6 Å². The van der Waals surface area contributed by atoms with Gasteiger partial charge >= 0.3 is 5.97 Å². The molecule has 0 atom stereocenters. The van der Waals surface area contributed by atoms with Crippen LogP contribution < -0.4 is 0 Å². The van der Waals surface area contributed by atoms with Crippen molar-refractivity contribution in [2.45, 2.75) is 25.4 Å². The molecule has 20 heavy (non-hydrogen) atoms. The topological polar surface area (TPSA) is 43.8 Å². The lowest BCUT2D eigenvalue weighted by atomic mass is 10.0. The van der Waals surface area contributed by atoms with Gasteiger partial charge in [-0.3, -0.25) is 4.90 Å². The summed E-state index contributed by atoms with van der Waals surface area (Å²) in [7, 11) is 4.20. The van der Waals surface area contributed by atoms with Crippen molar-refractivity contribution in [1.82, 2.24) is 9.80 Å². The summed E-state index contributed by atoms with van der Waals surface area (Å²) in [5.41, 5.74) is 0.566. The van der Waals surface area contributed by atoms with Crippen LogP contribution >= 0.6 is 0 Å². The third-order valence-corrected chi connectivity index (χ3v) is 3.96. The maximum absolute atomic E-state index is 13.6. The number of likely N-dealkylation sites (tertiary alicyclic amines) is 1. The number of carboxylic acids is 1. The Morgan fingerprint density at radius 2 is 2.05 bits per heavy atom. The quantitative estimate of drug-likeness (QED) is 0.916. The number of nitrogens with zero attached hydrogens (tertiary/aromatic N) is 2. The van der Waals surface area contributed by atoms with Gasteiger partial charge < -0.3 is 10.0 Å². The Hall–Kier alpha value is -1.46. The number of piperidine rings is 1. The van der Waals surface area contributed by atoms with E-state index in [9.17, 15) is 9.18 Å². The van der Waals surface area contributed by atoms with Crippen molar-refractivity contribution in [2.24, 2.45) is 0 Å². The van der Waals surface area contributed by atoms with Gasteiger partial charge in [0.1, 0.15) is 5.82 Å². The maximum Gasteiger partial charge on any atom is 0.338 e. The second-order valence-electron chi connectivity index (χ2n) is 5.59. The number of aromatic carboxylic acids is 1. The first-order chi connectivity index (χ1) is 9.47. The summed E-state index contributed by atoms with van der Waals surface area (Å²) in [4.78, 5) is 15.3. The zero-order valence-electron chi connectivity index (χ0n) is 12.0. The van der Waals surface area contributed by atoms with Crippen LogP contribution in [0.4, 0.5) is 4.39 Å². The number of benzene rings is 1. The molecule has 0 unspecified atom stereocenters. The van der Waals surface area contributed by atoms with Gasteiger partial charge in [-0.05, 0) is 57.7 Å². The van der Waals surface area contributed by atoms with E-state index in [0.717, 1.165) is 31.5 Å². The van der Waals surface area contributed by atoms with Crippen LogP contribution in [0.15, 0.2) is 18.2 Å². The minimum atomic E-state index is -1.22. The number of halogens is 1. The maximum atomic E-state index is 13.6. The molecule has 1 N–H and O–H groups in total. The van der Waals surface area contributed by atoms with Crippen molar-refractivity contribution in [3.63, 3.8) is 0 Å². The van der Waals surface area contributed by atoms with Gasteiger partial charge in [-0.15, -0.1) is 0 Å². The number of rotatable bonds is 4. The van der Waals surface area contributed by atoms with E-state index in [1.165, 1.54) is 12.1 Å². The molecule has 1 saturated heterocycles. The largest absolute Gasteiger partial charge is 0.478 e. The van der Waals surface area contributed by atoms with Crippen LogP contribution in [0.5, 0.6) is 0 Å². The normalized spacial score (nSPS) is 17.6. The average Bonchev–Trinajstić information content (AvgIpc) is 2.39. The fourth-order valence-electron chi connectivity index (χ4n) is 2.68. The molecule has 0 amide bonds. The van der Waals surface area contributed by atoms with Crippen molar-refractivity contribution in [1.29, 1.82) is 0 Å². The molecule has 5 heteroatoms. The number of hydrogen-bond donors (Lipinski definition) is 1. The molecule has 1 fully saturated rings. The molecule has 1 aliphatic heterocycles. The molecular weight excluding hydrogens is 259 g/mol. The third kappa shape index (κ3) is 3.55. The Morgan fingerprint density at radius 1 is 1.40 bits per heavy atom.